The molecule has 0 amide bonds. The Morgan fingerprint density at radius 3 is 3.14 bits per heavy atom. The van der Waals surface area contributed by atoms with Crippen LogP contribution in [0.1, 0.15) is 18.4 Å². The quantitative estimate of drug-likeness (QED) is 0.795. The molecule has 0 spiro atoms. The minimum absolute atomic E-state index is 0.379. The van der Waals surface area contributed by atoms with Gasteiger partial charge in [-0.15, -0.1) is 0 Å². The van der Waals surface area contributed by atoms with Crippen LogP contribution >= 0.6 is 0 Å². The minimum atomic E-state index is 0.379. The van der Waals surface area contributed by atoms with Crippen LogP contribution in [0.15, 0.2) is 30.5 Å². The fraction of sp³-hybridized carbons (Fsp3) is 0.529. The number of methoxy groups -OCH3 is 1. The average molecular weight is 288 g/mol. The van der Waals surface area contributed by atoms with E-state index in [0.717, 1.165) is 32.8 Å². The second-order valence-electron chi connectivity index (χ2n) is 5.62. The first-order valence-corrected chi connectivity index (χ1v) is 7.76. The molecule has 0 bridgehead atoms. The Balaban J connectivity index is 1.72. The van der Waals surface area contributed by atoms with Crippen LogP contribution in [0, 0.1) is 0 Å². The first-order chi connectivity index (χ1) is 10.4. The highest BCUT2D eigenvalue weighted by molar-refractivity contribution is 5.83. The molecule has 1 aliphatic rings. The third kappa shape index (κ3) is 3.46. The van der Waals surface area contributed by atoms with Crippen molar-refractivity contribution < 1.29 is 9.47 Å². The van der Waals surface area contributed by atoms with Crippen LogP contribution in [-0.4, -0.2) is 37.5 Å². The fourth-order valence-electron chi connectivity index (χ4n) is 3.01. The Bertz CT molecular complexity index is 573. The van der Waals surface area contributed by atoms with E-state index < -0.39 is 0 Å². The molecular formula is C17H24N2O2. The van der Waals surface area contributed by atoms with E-state index in [9.17, 15) is 0 Å². The third-order valence-corrected chi connectivity index (χ3v) is 4.13. The number of aromatic nitrogens is 1. The van der Waals surface area contributed by atoms with Crippen LogP contribution in [0.25, 0.3) is 10.9 Å². The molecule has 114 valence electrons. The van der Waals surface area contributed by atoms with Crippen LogP contribution in [0.4, 0.5) is 0 Å². The molecule has 1 unspecified atom stereocenters. The van der Waals surface area contributed by atoms with Gasteiger partial charge in [0.1, 0.15) is 0 Å². The van der Waals surface area contributed by atoms with Gasteiger partial charge in [-0.05, 0) is 30.5 Å². The van der Waals surface area contributed by atoms with Crippen molar-refractivity contribution in [1.29, 1.82) is 0 Å². The zero-order chi connectivity index (χ0) is 14.5. The van der Waals surface area contributed by atoms with E-state index in [0.29, 0.717) is 6.10 Å². The van der Waals surface area contributed by atoms with Crippen molar-refractivity contribution in [2.45, 2.75) is 32.0 Å². The normalized spacial score (nSPS) is 18.6. The second-order valence-corrected chi connectivity index (χ2v) is 5.62. The Labute approximate surface area is 126 Å². The molecule has 0 aliphatic carbocycles. The smallest absolute Gasteiger partial charge is 0.0754 e. The minimum Gasteiger partial charge on any atom is -0.383 e. The van der Waals surface area contributed by atoms with Gasteiger partial charge in [-0.25, -0.2) is 0 Å². The van der Waals surface area contributed by atoms with Crippen molar-refractivity contribution in [3.8, 4) is 0 Å². The molecule has 4 nitrogen and oxygen atoms in total. The molecule has 4 heteroatoms. The summed E-state index contributed by atoms with van der Waals surface area (Å²) in [5, 5.41) is 4.75. The van der Waals surface area contributed by atoms with Gasteiger partial charge in [-0.3, -0.25) is 0 Å². The molecule has 1 fully saturated rings. The lowest BCUT2D eigenvalue weighted by Crippen LogP contribution is -2.18. The van der Waals surface area contributed by atoms with Gasteiger partial charge in [0.25, 0.3) is 0 Å². The highest BCUT2D eigenvalue weighted by Gasteiger charge is 2.16. The molecule has 2 aromatic rings. The van der Waals surface area contributed by atoms with Gasteiger partial charge in [0.2, 0.25) is 0 Å². The molecular weight excluding hydrogens is 264 g/mol. The zero-order valence-electron chi connectivity index (χ0n) is 12.7. The molecule has 1 aromatic heterocycles. The van der Waals surface area contributed by atoms with E-state index >= 15 is 0 Å². The topological polar surface area (TPSA) is 35.4 Å². The molecule has 1 N–H and O–H groups in total. The summed E-state index contributed by atoms with van der Waals surface area (Å²) in [6, 6.07) is 8.75. The SMILES string of the molecule is COCCNCc1cccc2c1ccn2CC1CCCO1. The zero-order valence-corrected chi connectivity index (χ0v) is 12.7. The van der Waals surface area contributed by atoms with E-state index in [2.05, 4.69) is 40.3 Å². The summed E-state index contributed by atoms with van der Waals surface area (Å²) in [7, 11) is 1.73. The van der Waals surface area contributed by atoms with E-state index in [1.807, 2.05) is 0 Å². The lowest BCUT2D eigenvalue weighted by Gasteiger charge is -2.12. The lowest BCUT2D eigenvalue weighted by molar-refractivity contribution is 0.0980. The molecule has 1 aliphatic heterocycles. The van der Waals surface area contributed by atoms with E-state index in [1.54, 1.807) is 7.11 Å². The lowest BCUT2D eigenvalue weighted by atomic mass is 10.1. The Morgan fingerprint density at radius 2 is 2.33 bits per heavy atom. The van der Waals surface area contributed by atoms with E-state index in [1.165, 1.54) is 29.3 Å². The number of ether oxygens (including phenoxy) is 2. The van der Waals surface area contributed by atoms with Crippen molar-refractivity contribution >= 4 is 10.9 Å². The summed E-state index contributed by atoms with van der Waals surface area (Å²) in [4.78, 5) is 0. The maximum atomic E-state index is 5.75. The number of nitrogens with one attached hydrogen (secondary N) is 1. The summed E-state index contributed by atoms with van der Waals surface area (Å²) in [6.07, 6.45) is 4.94. The molecule has 0 radical (unpaired) electrons. The summed E-state index contributed by atoms with van der Waals surface area (Å²) < 4.78 is 13.1. The fourth-order valence-corrected chi connectivity index (χ4v) is 3.01. The summed E-state index contributed by atoms with van der Waals surface area (Å²) in [5.41, 5.74) is 2.64. The van der Waals surface area contributed by atoms with Crippen molar-refractivity contribution in [3.63, 3.8) is 0 Å². The average Bonchev–Trinajstić information content (AvgIpc) is 3.15. The molecule has 21 heavy (non-hydrogen) atoms. The molecule has 1 aromatic carbocycles. The molecule has 1 atom stereocenters. The highest BCUT2D eigenvalue weighted by Crippen LogP contribution is 2.22. The highest BCUT2D eigenvalue weighted by atomic mass is 16.5. The molecule has 1 saturated heterocycles. The van der Waals surface area contributed by atoms with Crippen molar-refractivity contribution in [1.82, 2.24) is 9.88 Å². The number of rotatable bonds is 7. The van der Waals surface area contributed by atoms with Gasteiger partial charge >= 0.3 is 0 Å². The molecule has 0 saturated carbocycles. The maximum Gasteiger partial charge on any atom is 0.0754 e. The van der Waals surface area contributed by atoms with Crippen LogP contribution in [-0.2, 0) is 22.6 Å². The summed E-state index contributed by atoms with van der Waals surface area (Å²) >= 11 is 0. The second kappa shape index (κ2) is 7.07. The van der Waals surface area contributed by atoms with Crippen molar-refractivity contribution in [2.24, 2.45) is 0 Å². The third-order valence-electron chi connectivity index (χ3n) is 4.13. The first kappa shape index (κ1) is 14.6. The van der Waals surface area contributed by atoms with Crippen LogP contribution in [0.3, 0.4) is 0 Å². The standard InChI is InChI=1S/C17H24N2O2/c1-20-11-8-18-12-14-4-2-6-17-16(14)7-9-19(17)13-15-5-3-10-21-15/h2,4,6-7,9,15,18H,3,5,8,10-13H2,1H3. The Kier molecular flexibility index (Phi) is 4.91. The van der Waals surface area contributed by atoms with Crippen LogP contribution < -0.4 is 5.32 Å². The van der Waals surface area contributed by atoms with Gasteiger partial charge in [-0.1, -0.05) is 12.1 Å². The van der Waals surface area contributed by atoms with E-state index in [4.69, 9.17) is 9.47 Å². The number of nitrogens with zero attached hydrogens (tertiary/aromatic N) is 1. The maximum absolute atomic E-state index is 5.75. The van der Waals surface area contributed by atoms with Gasteiger partial charge in [0.15, 0.2) is 0 Å². The van der Waals surface area contributed by atoms with Gasteiger partial charge in [-0.2, -0.15) is 0 Å². The molecule has 3 rings (SSSR count). The van der Waals surface area contributed by atoms with Crippen molar-refractivity contribution in [2.75, 3.05) is 26.9 Å². The summed E-state index contributed by atoms with van der Waals surface area (Å²) in [6.45, 7) is 4.38. The largest absolute Gasteiger partial charge is 0.383 e. The summed E-state index contributed by atoms with van der Waals surface area (Å²) in [5.74, 6) is 0. The molecule has 2 heterocycles. The van der Waals surface area contributed by atoms with Gasteiger partial charge in [0.05, 0.1) is 12.7 Å². The predicted octanol–water partition coefficient (Wildman–Crippen LogP) is 2.56. The van der Waals surface area contributed by atoms with E-state index in [-0.39, 0.29) is 0 Å². The first-order valence-electron chi connectivity index (χ1n) is 7.76. The van der Waals surface area contributed by atoms with Crippen LogP contribution in [0.2, 0.25) is 0 Å². The van der Waals surface area contributed by atoms with Crippen molar-refractivity contribution in [3.05, 3.63) is 36.0 Å². The Hall–Kier alpha value is -1.36. The Morgan fingerprint density at radius 1 is 1.38 bits per heavy atom. The van der Waals surface area contributed by atoms with Gasteiger partial charge in [0, 0.05) is 50.5 Å². The van der Waals surface area contributed by atoms with Gasteiger partial charge < -0.3 is 19.4 Å². The predicted molar refractivity (Wildman–Crippen MR) is 84.5 cm³/mol. The number of hydrogen-bond donors (Lipinski definition) is 1. The number of fused-ring (bicyclic) bond motifs is 1. The monoisotopic (exact) mass is 288 g/mol. The number of hydrogen-bond acceptors (Lipinski definition) is 3. The van der Waals surface area contributed by atoms with Crippen LogP contribution in [0.5, 0.6) is 0 Å². The number of benzene rings is 1.